The number of rotatable bonds is 46. The molecular formula is C61H97N13O20. The average Bonchev–Trinajstić information content (AvgIpc) is 0.871. The number of carboxylic acids is 8. The zero-order chi connectivity index (χ0) is 68.6. The molecule has 1 unspecified atom stereocenters. The van der Waals surface area contributed by atoms with Crippen molar-refractivity contribution in [2.24, 2.45) is 0 Å². The Balaban J connectivity index is 1.26. The van der Waals surface area contributed by atoms with Crippen molar-refractivity contribution in [1.82, 2.24) is 55.4 Å². The fraction of sp³-hybridized carbons (Fsp3) is 0.689. The first-order valence-corrected chi connectivity index (χ1v) is 32.2. The molecule has 0 bridgehead atoms. The highest BCUT2D eigenvalue weighted by Gasteiger charge is 2.29. The van der Waals surface area contributed by atoms with Crippen molar-refractivity contribution in [2.45, 2.75) is 127 Å². The smallest absolute Gasteiger partial charge is 0.326 e. The van der Waals surface area contributed by atoms with Gasteiger partial charge < -0.3 is 76.5 Å². The van der Waals surface area contributed by atoms with E-state index in [1.54, 1.807) is 19.6 Å². The molecular weight excluding hydrogens is 1230 g/mol. The van der Waals surface area contributed by atoms with E-state index in [0.717, 1.165) is 82.1 Å². The Morgan fingerprint density at radius 1 is 0.479 bits per heavy atom. The first-order valence-electron chi connectivity index (χ1n) is 32.2. The van der Waals surface area contributed by atoms with Gasteiger partial charge in [0.1, 0.15) is 17.9 Å². The molecule has 0 aliphatic carbocycles. The summed E-state index contributed by atoms with van der Waals surface area (Å²) >= 11 is 0. The van der Waals surface area contributed by atoms with E-state index in [0.29, 0.717) is 82.6 Å². The van der Waals surface area contributed by atoms with Gasteiger partial charge in [0.2, 0.25) is 17.8 Å². The Morgan fingerprint density at radius 2 is 1.00 bits per heavy atom. The number of hydrogen-bond donors (Lipinski definition) is 12. The number of anilines is 2. The molecule has 526 valence electrons. The van der Waals surface area contributed by atoms with Crippen LogP contribution in [-0.4, -0.2) is 302 Å². The predicted octanol–water partition coefficient (Wildman–Crippen LogP) is 0.843. The number of ether oxygens (including phenoxy) is 2. The summed E-state index contributed by atoms with van der Waals surface area (Å²) < 4.78 is 11.0. The van der Waals surface area contributed by atoms with Crippen molar-refractivity contribution in [1.29, 1.82) is 0 Å². The number of aromatic nitrogens is 3. The van der Waals surface area contributed by atoms with Crippen molar-refractivity contribution >= 4 is 71.6 Å². The number of urea groups is 1. The minimum atomic E-state index is -1.50. The number of hydrogen-bond acceptors (Lipinski definition) is 22. The molecule has 3 atom stereocenters. The Kier molecular flexibility index (Phi) is 37.3. The van der Waals surface area contributed by atoms with Crippen LogP contribution in [0.15, 0.2) is 24.3 Å². The molecule has 1 aromatic carbocycles. The number of amides is 3. The van der Waals surface area contributed by atoms with Gasteiger partial charge in [-0.25, -0.2) is 14.4 Å². The minimum Gasteiger partial charge on any atom is -0.481 e. The largest absolute Gasteiger partial charge is 0.481 e. The van der Waals surface area contributed by atoms with Gasteiger partial charge in [0.15, 0.2) is 0 Å². The summed E-state index contributed by atoms with van der Waals surface area (Å²) in [5.74, 6) is -8.03. The molecule has 1 aromatic heterocycles. The first kappa shape index (κ1) is 78.5. The summed E-state index contributed by atoms with van der Waals surface area (Å²) in [5, 5.41) is 86.1. The van der Waals surface area contributed by atoms with Crippen LogP contribution < -0.4 is 26.2 Å². The molecule has 3 heterocycles. The number of aliphatic carboxylic acids is 8. The maximum absolute atomic E-state index is 12.4. The van der Waals surface area contributed by atoms with Gasteiger partial charge in [0, 0.05) is 110 Å². The number of nitrogens with one attached hydrogen (secondary N) is 4. The summed E-state index contributed by atoms with van der Waals surface area (Å²) in [7, 11) is 0. The number of carbonyl (C=O) groups is 10. The van der Waals surface area contributed by atoms with Crippen molar-refractivity contribution in [3.8, 4) is 0 Å². The molecule has 2 aromatic rings. The van der Waals surface area contributed by atoms with Crippen LogP contribution in [0.3, 0.4) is 0 Å². The zero-order valence-electron chi connectivity index (χ0n) is 53.6. The highest BCUT2D eigenvalue weighted by molar-refractivity contribution is 5.86. The lowest BCUT2D eigenvalue weighted by molar-refractivity contribution is -0.142. The SMILES string of the molecule is O=C(O)CCOCCOCCNc1nc(Cc2ccc(CC3CN(CC(=O)O)CCN(CC(=O)O)CCN(CC(=O)O)CCN3CC(=O)O)cc2)nc(N2CCN(CCCCCCCCCCC(=O)NCCCC[C@H](NC(=O)N[C@@H](CCC(=O)O)C(=O)O)C(=O)O)CC2)n1. The molecule has 3 amide bonds. The van der Waals surface area contributed by atoms with Gasteiger partial charge in [-0.05, 0) is 62.6 Å². The number of unbranched alkanes of at least 4 members (excludes halogenated alkanes) is 8. The molecule has 33 nitrogen and oxygen atoms in total. The molecule has 94 heavy (non-hydrogen) atoms. The molecule has 2 fully saturated rings. The first-order chi connectivity index (χ1) is 45.0. The van der Waals surface area contributed by atoms with E-state index in [9.17, 15) is 78.6 Å². The lowest BCUT2D eigenvalue weighted by Gasteiger charge is -2.37. The molecule has 4 rings (SSSR count). The lowest BCUT2D eigenvalue weighted by atomic mass is 10.0. The zero-order valence-corrected chi connectivity index (χ0v) is 53.6. The summed E-state index contributed by atoms with van der Waals surface area (Å²) in [5.41, 5.74) is 1.70. The highest BCUT2D eigenvalue weighted by atomic mass is 16.5. The standard InChI is InChI=1S/C61H97N13O20/c75-50(62-20-9-8-11-47(57(88)89)64-61(92)65-48(58(90)91)17-18-51(76)77)12-7-5-3-1-2-4-6-10-22-69-27-30-73(31-28-69)60-67-49(66-59(68-60)63-21-34-94-36-35-93-33-19-52(78)79)38-45-15-13-44(14-16-45)37-46-39-72(42-55(84)85)26-25-70(40-53(80)81)23-24-71(41-54(82)83)29-32-74(46)43-56(86)87/h13-16,46-48H,1-12,17-43H2,(H,62,75)(H,76,77)(H,78,79)(H,80,81)(H,82,83)(H,84,85)(H,86,87)(H,88,89)(H,90,91)(H2,64,65,92)(H,63,66,67,68)/t46?,47-,48-/m0/s1. The van der Waals surface area contributed by atoms with Crippen LogP contribution in [0.1, 0.15) is 113 Å². The second kappa shape index (κ2) is 44.6. The maximum Gasteiger partial charge on any atom is 0.326 e. The molecule has 2 aliphatic heterocycles. The highest BCUT2D eigenvalue weighted by Crippen LogP contribution is 2.20. The Morgan fingerprint density at radius 3 is 1.59 bits per heavy atom. The number of nitrogens with zero attached hydrogens (tertiary/aromatic N) is 9. The van der Waals surface area contributed by atoms with Gasteiger partial charge in [-0.1, -0.05) is 62.8 Å². The van der Waals surface area contributed by atoms with E-state index in [1.165, 1.54) is 0 Å². The third-order valence-electron chi connectivity index (χ3n) is 15.8. The fourth-order valence-electron chi connectivity index (χ4n) is 10.8. The van der Waals surface area contributed by atoms with Crippen LogP contribution in [-0.2, 0) is 65.5 Å². The van der Waals surface area contributed by atoms with E-state index < -0.39 is 78.3 Å². The van der Waals surface area contributed by atoms with E-state index in [2.05, 4.69) is 31.1 Å². The van der Waals surface area contributed by atoms with Gasteiger partial charge in [-0.15, -0.1) is 0 Å². The third-order valence-corrected chi connectivity index (χ3v) is 15.8. The van der Waals surface area contributed by atoms with E-state index in [1.807, 2.05) is 24.3 Å². The van der Waals surface area contributed by atoms with E-state index in [-0.39, 0.29) is 117 Å². The van der Waals surface area contributed by atoms with Gasteiger partial charge in [-0.2, -0.15) is 15.0 Å². The summed E-state index contributed by atoms with van der Waals surface area (Å²) in [6, 6.07) is 3.32. The predicted molar refractivity (Wildman–Crippen MR) is 339 cm³/mol. The Hall–Kier alpha value is -7.95. The molecule has 2 saturated heterocycles. The van der Waals surface area contributed by atoms with Gasteiger partial charge >= 0.3 is 53.8 Å². The second-order valence-electron chi connectivity index (χ2n) is 23.4. The summed E-state index contributed by atoms with van der Waals surface area (Å²) in [4.78, 5) is 143. The molecule has 0 saturated carbocycles. The van der Waals surface area contributed by atoms with Crippen LogP contribution in [0, 0.1) is 0 Å². The lowest BCUT2D eigenvalue weighted by Crippen LogP contribution is -2.53. The van der Waals surface area contributed by atoms with Crippen LogP contribution in [0.2, 0.25) is 0 Å². The minimum absolute atomic E-state index is 0.0378. The molecule has 2 aliphatic rings. The van der Waals surface area contributed by atoms with Gasteiger partial charge in [-0.3, -0.25) is 58.1 Å². The van der Waals surface area contributed by atoms with Crippen molar-refractivity contribution in [3.63, 3.8) is 0 Å². The number of carboxylic acid groups (broad SMARTS) is 8. The number of piperazine rings is 1. The monoisotopic (exact) mass is 1330 g/mol. The molecule has 12 N–H and O–H groups in total. The van der Waals surface area contributed by atoms with Crippen LogP contribution in [0.25, 0.3) is 0 Å². The number of carbonyl (C=O) groups excluding carboxylic acids is 2. The van der Waals surface area contributed by atoms with Crippen LogP contribution in [0.4, 0.5) is 16.7 Å². The van der Waals surface area contributed by atoms with E-state index >= 15 is 0 Å². The molecule has 0 spiro atoms. The van der Waals surface area contributed by atoms with Crippen molar-refractivity contribution in [3.05, 3.63) is 41.2 Å². The third kappa shape index (κ3) is 34.8. The van der Waals surface area contributed by atoms with Crippen molar-refractivity contribution in [2.75, 3.05) is 154 Å². The Bertz CT molecular complexity index is 2690. The van der Waals surface area contributed by atoms with Crippen LogP contribution in [0.5, 0.6) is 0 Å². The fourth-order valence-corrected chi connectivity index (χ4v) is 10.8. The van der Waals surface area contributed by atoms with E-state index in [4.69, 9.17) is 34.6 Å². The van der Waals surface area contributed by atoms with Gasteiger partial charge in [0.05, 0.1) is 59.0 Å². The summed E-state index contributed by atoms with van der Waals surface area (Å²) in [6.45, 7) is 5.34. The quantitative estimate of drug-likeness (QED) is 0.0409. The summed E-state index contributed by atoms with van der Waals surface area (Å²) in [6.07, 6.45) is 8.99. The topological polar surface area (TPSA) is 457 Å². The van der Waals surface area contributed by atoms with Gasteiger partial charge in [0.25, 0.3) is 0 Å². The Labute approximate surface area is 546 Å². The molecule has 33 heteroatoms. The number of benzene rings is 1. The van der Waals surface area contributed by atoms with Crippen molar-refractivity contribution < 1.29 is 98.3 Å². The van der Waals surface area contributed by atoms with Crippen LogP contribution >= 0.6 is 0 Å². The average molecular weight is 1330 g/mol. The molecule has 0 radical (unpaired) electrons. The second-order valence-corrected chi connectivity index (χ2v) is 23.4. The maximum atomic E-state index is 12.4. The normalized spacial score (nSPS) is 16.4.